The second-order valence-corrected chi connectivity index (χ2v) is 5.66. The van der Waals surface area contributed by atoms with Crippen LogP contribution in [-0.4, -0.2) is 51.7 Å². The topological polar surface area (TPSA) is 50.8 Å². The van der Waals surface area contributed by atoms with Crippen LogP contribution in [-0.2, 0) is 4.79 Å². The summed E-state index contributed by atoms with van der Waals surface area (Å²) >= 11 is 6.17. The number of ether oxygens (including phenoxy) is 2. The molecule has 0 aliphatic rings. The molecule has 0 heterocycles. The van der Waals surface area contributed by atoms with E-state index in [1.54, 1.807) is 25.3 Å². The minimum absolute atomic E-state index is 0.131. The number of nitrogens with zero attached hydrogens (tertiary/aromatic N) is 1. The molecule has 0 aliphatic carbocycles. The highest BCUT2D eigenvalue weighted by Gasteiger charge is 2.10. The fraction of sp³-hybridized carbons (Fsp3) is 0.471. The molecule has 1 N–H and O–H groups in total. The first kappa shape index (κ1) is 19.3. The first-order valence-corrected chi connectivity index (χ1v) is 7.96. The average molecular weight is 341 g/mol. The molecule has 5 nitrogen and oxygen atoms in total. The van der Waals surface area contributed by atoms with Crippen LogP contribution in [0.1, 0.15) is 18.9 Å². The van der Waals surface area contributed by atoms with Crippen molar-refractivity contribution in [3.05, 3.63) is 28.8 Å². The van der Waals surface area contributed by atoms with Gasteiger partial charge >= 0.3 is 0 Å². The van der Waals surface area contributed by atoms with E-state index < -0.39 is 0 Å². The number of hydrogen-bond acceptors (Lipinski definition) is 4. The zero-order valence-corrected chi connectivity index (χ0v) is 14.9. The van der Waals surface area contributed by atoms with E-state index in [0.29, 0.717) is 29.7 Å². The molecule has 0 aromatic heterocycles. The molecule has 23 heavy (non-hydrogen) atoms. The van der Waals surface area contributed by atoms with E-state index in [9.17, 15) is 4.79 Å². The number of benzene rings is 1. The lowest BCUT2D eigenvalue weighted by atomic mass is 10.2. The van der Waals surface area contributed by atoms with Gasteiger partial charge < -0.3 is 19.7 Å². The third kappa shape index (κ3) is 6.93. The first-order chi connectivity index (χ1) is 11.0. The number of amides is 1. The number of rotatable bonds is 9. The van der Waals surface area contributed by atoms with Gasteiger partial charge in [-0.2, -0.15) is 0 Å². The van der Waals surface area contributed by atoms with Crippen molar-refractivity contribution >= 4 is 23.6 Å². The van der Waals surface area contributed by atoms with Gasteiger partial charge in [0, 0.05) is 12.6 Å². The Bertz CT molecular complexity index is 545. The highest BCUT2D eigenvalue weighted by atomic mass is 35.5. The van der Waals surface area contributed by atoms with Gasteiger partial charge in [-0.05, 0) is 57.8 Å². The molecular formula is C17H25ClN2O3. The van der Waals surface area contributed by atoms with E-state index in [2.05, 4.69) is 10.2 Å². The number of hydrogen-bond donors (Lipinski definition) is 1. The fourth-order valence-electron chi connectivity index (χ4n) is 1.98. The smallest absolute Gasteiger partial charge is 0.243 e. The van der Waals surface area contributed by atoms with Crippen molar-refractivity contribution in [1.29, 1.82) is 0 Å². The Hall–Kier alpha value is -1.72. The molecule has 1 amide bonds. The van der Waals surface area contributed by atoms with Gasteiger partial charge in [-0.25, -0.2) is 0 Å². The summed E-state index contributed by atoms with van der Waals surface area (Å²) in [6.07, 6.45) is 4.11. The molecule has 1 aromatic rings. The van der Waals surface area contributed by atoms with Gasteiger partial charge in [0.05, 0.1) is 18.7 Å². The molecule has 0 saturated carbocycles. The second kappa shape index (κ2) is 10.1. The summed E-state index contributed by atoms with van der Waals surface area (Å²) in [5.41, 5.74) is 0.780. The summed E-state index contributed by atoms with van der Waals surface area (Å²) in [5.74, 6) is 0.931. The van der Waals surface area contributed by atoms with Gasteiger partial charge in [0.15, 0.2) is 11.5 Å². The van der Waals surface area contributed by atoms with E-state index >= 15 is 0 Å². The van der Waals surface area contributed by atoms with Crippen LogP contribution < -0.4 is 14.8 Å². The highest BCUT2D eigenvalue weighted by Crippen LogP contribution is 2.36. The van der Waals surface area contributed by atoms with Crippen LogP contribution in [0.15, 0.2) is 18.2 Å². The van der Waals surface area contributed by atoms with E-state index in [-0.39, 0.29) is 5.91 Å². The van der Waals surface area contributed by atoms with E-state index in [1.165, 1.54) is 6.08 Å². The summed E-state index contributed by atoms with van der Waals surface area (Å²) in [6, 6.07) is 3.53. The summed E-state index contributed by atoms with van der Waals surface area (Å²) in [6.45, 7) is 3.98. The van der Waals surface area contributed by atoms with Gasteiger partial charge in [0.2, 0.25) is 5.91 Å². The SMILES string of the molecule is CCOc1cc(C=CC(=O)NCCCN(C)C)cc(Cl)c1OC. The van der Waals surface area contributed by atoms with E-state index in [1.807, 2.05) is 21.0 Å². The maximum Gasteiger partial charge on any atom is 0.243 e. The van der Waals surface area contributed by atoms with Crippen LogP contribution in [0.2, 0.25) is 5.02 Å². The molecule has 6 heteroatoms. The molecule has 128 valence electrons. The summed E-state index contributed by atoms with van der Waals surface area (Å²) in [4.78, 5) is 13.9. The first-order valence-electron chi connectivity index (χ1n) is 7.58. The number of carbonyl (C=O) groups excluding carboxylic acids is 1. The van der Waals surface area contributed by atoms with Crippen LogP contribution >= 0.6 is 11.6 Å². The second-order valence-electron chi connectivity index (χ2n) is 5.25. The standard InChI is InChI=1S/C17H25ClN2O3/c1-5-23-15-12-13(11-14(18)17(15)22-4)7-8-16(21)19-9-6-10-20(2)3/h7-8,11-12H,5-6,9-10H2,1-4H3,(H,19,21). The summed E-state index contributed by atoms with van der Waals surface area (Å²) < 4.78 is 10.7. The minimum Gasteiger partial charge on any atom is -0.491 e. The van der Waals surface area contributed by atoms with Crippen molar-refractivity contribution in [3.8, 4) is 11.5 Å². The number of halogens is 1. The molecule has 0 radical (unpaired) electrons. The fourth-order valence-corrected chi connectivity index (χ4v) is 2.28. The maximum absolute atomic E-state index is 11.8. The summed E-state index contributed by atoms with van der Waals surface area (Å²) in [7, 11) is 5.55. The van der Waals surface area contributed by atoms with E-state index in [4.69, 9.17) is 21.1 Å². The Morgan fingerprint density at radius 2 is 2.13 bits per heavy atom. The molecule has 1 aromatic carbocycles. The molecule has 0 unspecified atom stereocenters. The number of nitrogens with one attached hydrogen (secondary N) is 1. The van der Waals surface area contributed by atoms with Crippen LogP contribution in [0.4, 0.5) is 0 Å². The van der Waals surface area contributed by atoms with Crippen molar-refractivity contribution < 1.29 is 14.3 Å². The molecule has 0 saturated heterocycles. The Morgan fingerprint density at radius 1 is 1.39 bits per heavy atom. The highest BCUT2D eigenvalue weighted by molar-refractivity contribution is 6.32. The third-order valence-electron chi connectivity index (χ3n) is 3.04. The van der Waals surface area contributed by atoms with Crippen molar-refractivity contribution in [1.82, 2.24) is 10.2 Å². The van der Waals surface area contributed by atoms with Crippen molar-refractivity contribution in [2.75, 3.05) is 40.9 Å². The van der Waals surface area contributed by atoms with Gasteiger partial charge in [-0.3, -0.25) is 4.79 Å². The zero-order chi connectivity index (χ0) is 17.2. The monoisotopic (exact) mass is 340 g/mol. The minimum atomic E-state index is -0.131. The molecule has 0 spiro atoms. The Morgan fingerprint density at radius 3 is 2.74 bits per heavy atom. The van der Waals surface area contributed by atoms with E-state index in [0.717, 1.165) is 18.5 Å². The molecule has 1 rings (SSSR count). The Labute approximate surface area is 143 Å². The van der Waals surface area contributed by atoms with Gasteiger partial charge in [0.1, 0.15) is 0 Å². The Balaban J connectivity index is 2.66. The molecule has 0 aliphatic heterocycles. The molecule has 0 bridgehead atoms. The largest absolute Gasteiger partial charge is 0.491 e. The van der Waals surface area contributed by atoms with Gasteiger partial charge in [-0.1, -0.05) is 11.6 Å². The Kier molecular flexibility index (Phi) is 8.51. The number of carbonyl (C=O) groups is 1. The summed E-state index contributed by atoms with van der Waals surface area (Å²) in [5, 5.41) is 3.29. The molecular weight excluding hydrogens is 316 g/mol. The lowest BCUT2D eigenvalue weighted by Gasteiger charge is -2.11. The van der Waals surface area contributed by atoms with Crippen LogP contribution in [0.25, 0.3) is 6.08 Å². The van der Waals surface area contributed by atoms with Crippen molar-refractivity contribution in [2.45, 2.75) is 13.3 Å². The molecule has 0 fully saturated rings. The van der Waals surface area contributed by atoms with Crippen LogP contribution in [0, 0.1) is 0 Å². The zero-order valence-electron chi connectivity index (χ0n) is 14.2. The predicted octanol–water partition coefficient (Wildman–Crippen LogP) is 2.83. The van der Waals surface area contributed by atoms with Crippen LogP contribution in [0.3, 0.4) is 0 Å². The van der Waals surface area contributed by atoms with Crippen molar-refractivity contribution in [3.63, 3.8) is 0 Å². The normalized spacial score (nSPS) is 11.0. The number of methoxy groups -OCH3 is 1. The predicted molar refractivity (Wildman–Crippen MR) is 94.4 cm³/mol. The lowest BCUT2D eigenvalue weighted by Crippen LogP contribution is -2.25. The van der Waals surface area contributed by atoms with Crippen molar-refractivity contribution in [2.24, 2.45) is 0 Å². The van der Waals surface area contributed by atoms with Crippen LogP contribution in [0.5, 0.6) is 11.5 Å². The average Bonchev–Trinajstić information content (AvgIpc) is 2.49. The lowest BCUT2D eigenvalue weighted by molar-refractivity contribution is -0.116. The molecule has 0 atom stereocenters. The van der Waals surface area contributed by atoms with Gasteiger partial charge in [-0.15, -0.1) is 0 Å². The van der Waals surface area contributed by atoms with Gasteiger partial charge in [0.25, 0.3) is 0 Å². The quantitative estimate of drug-likeness (QED) is 0.555. The maximum atomic E-state index is 11.8. The third-order valence-corrected chi connectivity index (χ3v) is 3.33.